The van der Waals surface area contributed by atoms with Crippen LogP contribution in [0, 0.1) is 17.7 Å². The maximum atomic E-state index is 13.6. The number of anilines is 1. The number of pyridine rings is 1. The van der Waals surface area contributed by atoms with E-state index < -0.39 is 0 Å². The number of nitrogens with zero attached hydrogens (tertiary/aromatic N) is 1. The molecule has 2 rings (SSSR count). The van der Waals surface area contributed by atoms with Crippen LogP contribution in [0.3, 0.4) is 0 Å². The van der Waals surface area contributed by atoms with Crippen molar-refractivity contribution in [1.29, 1.82) is 0 Å². The molecule has 0 saturated heterocycles. The second-order valence-corrected chi connectivity index (χ2v) is 5.82. The van der Waals surface area contributed by atoms with E-state index >= 15 is 0 Å². The Kier molecular flexibility index (Phi) is 4.95. The van der Waals surface area contributed by atoms with Gasteiger partial charge in [-0.25, -0.2) is 9.37 Å². The van der Waals surface area contributed by atoms with Crippen molar-refractivity contribution in [3.8, 4) is 0 Å². The summed E-state index contributed by atoms with van der Waals surface area (Å²) in [6.45, 7) is 1.48. The first-order valence-electron chi connectivity index (χ1n) is 6.45. The molecule has 0 spiro atoms. The Morgan fingerprint density at radius 1 is 1.39 bits per heavy atom. The van der Waals surface area contributed by atoms with Crippen LogP contribution < -0.4 is 11.1 Å². The average molecular weight is 316 g/mol. The Balaban J connectivity index is 1.93. The van der Waals surface area contributed by atoms with Gasteiger partial charge in [-0.1, -0.05) is 12.8 Å². The van der Waals surface area contributed by atoms with E-state index in [1.807, 2.05) is 0 Å². The van der Waals surface area contributed by atoms with Crippen LogP contribution in [0.1, 0.15) is 25.7 Å². The molecule has 100 valence electrons. The minimum absolute atomic E-state index is 0.315. The van der Waals surface area contributed by atoms with E-state index in [-0.39, 0.29) is 5.82 Å². The number of hydrogen-bond donors (Lipinski definition) is 2. The monoisotopic (exact) mass is 315 g/mol. The van der Waals surface area contributed by atoms with Crippen LogP contribution >= 0.6 is 15.9 Å². The van der Waals surface area contributed by atoms with Crippen LogP contribution in [-0.2, 0) is 0 Å². The lowest BCUT2D eigenvalue weighted by atomic mass is 9.79. The molecule has 1 aliphatic carbocycles. The van der Waals surface area contributed by atoms with Gasteiger partial charge in [-0.2, -0.15) is 0 Å². The summed E-state index contributed by atoms with van der Waals surface area (Å²) in [6, 6.07) is 1.43. The van der Waals surface area contributed by atoms with E-state index in [0.29, 0.717) is 22.1 Å². The van der Waals surface area contributed by atoms with Crippen LogP contribution in [0.4, 0.5) is 10.2 Å². The predicted molar refractivity (Wildman–Crippen MR) is 74.9 cm³/mol. The van der Waals surface area contributed by atoms with Crippen molar-refractivity contribution in [2.75, 3.05) is 18.4 Å². The van der Waals surface area contributed by atoms with Crippen molar-refractivity contribution >= 4 is 21.7 Å². The Bertz CT molecular complexity index is 400. The van der Waals surface area contributed by atoms with E-state index in [9.17, 15) is 4.39 Å². The highest BCUT2D eigenvalue weighted by Gasteiger charge is 2.23. The van der Waals surface area contributed by atoms with Crippen molar-refractivity contribution in [3.05, 3.63) is 22.6 Å². The fourth-order valence-electron chi connectivity index (χ4n) is 2.64. The first-order valence-corrected chi connectivity index (χ1v) is 7.25. The summed E-state index contributed by atoms with van der Waals surface area (Å²) >= 11 is 3.20. The second kappa shape index (κ2) is 6.48. The molecule has 0 aromatic carbocycles. The van der Waals surface area contributed by atoms with Gasteiger partial charge in [-0.05, 0) is 53.2 Å². The van der Waals surface area contributed by atoms with Crippen LogP contribution in [0.15, 0.2) is 16.7 Å². The summed E-state index contributed by atoms with van der Waals surface area (Å²) in [6.07, 6.45) is 6.49. The van der Waals surface area contributed by atoms with Crippen molar-refractivity contribution in [3.63, 3.8) is 0 Å². The van der Waals surface area contributed by atoms with Gasteiger partial charge in [0, 0.05) is 17.2 Å². The molecule has 0 bridgehead atoms. The summed E-state index contributed by atoms with van der Waals surface area (Å²) in [7, 11) is 0. The zero-order valence-corrected chi connectivity index (χ0v) is 11.9. The van der Waals surface area contributed by atoms with Crippen LogP contribution in [0.25, 0.3) is 0 Å². The molecule has 1 aromatic rings. The minimum atomic E-state index is -0.315. The number of aromatic nitrogens is 1. The summed E-state index contributed by atoms with van der Waals surface area (Å²) in [5.74, 6) is 1.11. The number of halogens is 2. The van der Waals surface area contributed by atoms with E-state index in [0.717, 1.165) is 13.1 Å². The maximum absolute atomic E-state index is 13.6. The molecule has 3 N–H and O–H groups in total. The molecule has 0 amide bonds. The van der Waals surface area contributed by atoms with Crippen molar-refractivity contribution in [1.82, 2.24) is 4.98 Å². The van der Waals surface area contributed by atoms with Gasteiger partial charge >= 0.3 is 0 Å². The third-order valence-electron chi connectivity index (χ3n) is 3.71. The van der Waals surface area contributed by atoms with Gasteiger partial charge in [0.15, 0.2) is 11.6 Å². The molecule has 3 nitrogen and oxygen atoms in total. The number of nitrogens with one attached hydrogen (secondary N) is 1. The SMILES string of the molecule is NCC1CCCCC1CNc1ncc(Br)cc1F. The lowest BCUT2D eigenvalue weighted by molar-refractivity contribution is 0.255. The van der Waals surface area contributed by atoms with Crippen molar-refractivity contribution < 1.29 is 4.39 Å². The quantitative estimate of drug-likeness (QED) is 0.897. The van der Waals surface area contributed by atoms with E-state index in [1.54, 1.807) is 6.20 Å². The molecule has 18 heavy (non-hydrogen) atoms. The highest BCUT2D eigenvalue weighted by molar-refractivity contribution is 9.10. The van der Waals surface area contributed by atoms with Gasteiger partial charge in [0.2, 0.25) is 0 Å². The smallest absolute Gasteiger partial charge is 0.166 e. The summed E-state index contributed by atoms with van der Waals surface area (Å²) in [4.78, 5) is 4.05. The Labute approximate surface area is 115 Å². The fourth-order valence-corrected chi connectivity index (χ4v) is 2.94. The molecule has 2 unspecified atom stereocenters. The van der Waals surface area contributed by atoms with Gasteiger partial charge in [-0.3, -0.25) is 0 Å². The van der Waals surface area contributed by atoms with Gasteiger partial charge in [0.25, 0.3) is 0 Å². The molecule has 1 heterocycles. The van der Waals surface area contributed by atoms with Gasteiger partial charge in [-0.15, -0.1) is 0 Å². The molecule has 0 aliphatic heterocycles. The van der Waals surface area contributed by atoms with Crippen LogP contribution in [0.2, 0.25) is 0 Å². The summed E-state index contributed by atoms with van der Waals surface area (Å²) in [5.41, 5.74) is 5.79. The van der Waals surface area contributed by atoms with Crippen LogP contribution in [0.5, 0.6) is 0 Å². The fraction of sp³-hybridized carbons (Fsp3) is 0.615. The number of nitrogens with two attached hydrogens (primary N) is 1. The molecular formula is C13H19BrFN3. The standard InChI is InChI=1S/C13H19BrFN3/c14-11-5-12(15)13(18-8-11)17-7-10-4-2-1-3-9(10)6-16/h5,8-10H,1-4,6-7,16H2,(H,17,18). The molecule has 5 heteroatoms. The highest BCUT2D eigenvalue weighted by Crippen LogP contribution is 2.29. The lowest BCUT2D eigenvalue weighted by Gasteiger charge is -2.30. The summed E-state index contributed by atoms with van der Waals surface area (Å²) < 4.78 is 14.3. The van der Waals surface area contributed by atoms with E-state index in [1.165, 1.54) is 31.7 Å². The first-order chi connectivity index (χ1) is 8.70. The largest absolute Gasteiger partial charge is 0.367 e. The minimum Gasteiger partial charge on any atom is -0.367 e. The molecule has 1 aromatic heterocycles. The third kappa shape index (κ3) is 3.42. The van der Waals surface area contributed by atoms with Crippen molar-refractivity contribution in [2.24, 2.45) is 17.6 Å². The van der Waals surface area contributed by atoms with E-state index in [4.69, 9.17) is 5.73 Å². The molecule has 1 saturated carbocycles. The molecule has 2 atom stereocenters. The summed E-state index contributed by atoms with van der Waals surface area (Å²) in [5, 5.41) is 3.11. The highest BCUT2D eigenvalue weighted by atomic mass is 79.9. The maximum Gasteiger partial charge on any atom is 0.166 e. The van der Waals surface area contributed by atoms with Gasteiger partial charge in [0.1, 0.15) is 0 Å². The lowest BCUT2D eigenvalue weighted by Crippen LogP contribution is -2.31. The third-order valence-corrected chi connectivity index (χ3v) is 4.14. The Morgan fingerprint density at radius 3 is 2.78 bits per heavy atom. The topological polar surface area (TPSA) is 50.9 Å². The van der Waals surface area contributed by atoms with Gasteiger partial charge in [0.05, 0.1) is 0 Å². The number of rotatable bonds is 4. The first kappa shape index (κ1) is 13.7. The van der Waals surface area contributed by atoms with Crippen molar-refractivity contribution in [2.45, 2.75) is 25.7 Å². The predicted octanol–water partition coefficient (Wildman–Crippen LogP) is 3.16. The molecular weight excluding hydrogens is 297 g/mol. The van der Waals surface area contributed by atoms with E-state index in [2.05, 4.69) is 26.2 Å². The zero-order chi connectivity index (χ0) is 13.0. The molecule has 1 fully saturated rings. The van der Waals surface area contributed by atoms with Crippen LogP contribution in [-0.4, -0.2) is 18.1 Å². The van der Waals surface area contributed by atoms with Gasteiger partial charge < -0.3 is 11.1 Å². The Morgan fingerprint density at radius 2 is 2.11 bits per heavy atom. The zero-order valence-electron chi connectivity index (χ0n) is 10.3. The number of hydrogen-bond acceptors (Lipinski definition) is 3. The normalized spacial score (nSPS) is 23.9. The molecule has 0 radical (unpaired) electrons. The second-order valence-electron chi connectivity index (χ2n) is 4.91. The average Bonchev–Trinajstić information content (AvgIpc) is 2.38. The molecule has 1 aliphatic rings. The Hall–Kier alpha value is -0.680.